The summed E-state index contributed by atoms with van der Waals surface area (Å²) in [6, 6.07) is 6.31. The molecule has 140 valence electrons. The summed E-state index contributed by atoms with van der Waals surface area (Å²) in [4.78, 5) is 14.5. The molecule has 0 spiro atoms. The molecule has 1 saturated carbocycles. The highest BCUT2D eigenvalue weighted by Gasteiger charge is 2.26. The van der Waals surface area contributed by atoms with Gasteiger partial charge in [-0.25, -0.2) is 13.1 Å². The molecule has 1 atom stereocenters. The first-order valence-electron chi connectivity index (χ1n) is 8.63. The molecule has 0 aromatic heterocycles. The molecule has 2 aliphatic rings. The summed E-state index contributed by atoms with van der Waals surface area (Å²) in [5.74, 6) is -0.150. The van der Waals surface area contributed by atoms with E-state index in [1.54, 1.807) is 17.0 Å². The van der Waals surface area contributed by atoms with E-state index >= 15 is 0 Å². The van der Waals surface area contributed by atoms with Crippen LogP contribution in [-0.4, -0.2) is 44.4 Å². The lowest BCUT2D eigenvalue weighted by Gasteiger charge is -2.30. The van der Waals surface area contributed by atoms with Gasteiger partial charge in [-0.1, -0.05) is 18.9 Å². The van der Waals surface area contributed by atoms with Crippen molar-refractivity contribution in [2.75, 3.05) is 13.1 Å². The summed E-state index contributed by atoms with van der Waals surface area (Å²) in [7, 11) is -3.59. The van der Waals surface area contributed by atoms with E-state index in [1.165, 1.54) is 12.1 Å². The lowest BCUT2D eigenvalue weighted by Crippen LogP contribution is -2.45. The predicted molar refractivity (Wildman–Crippen MR) is 99.4 cm³/mol. The first-order chi connectivity index (χ1) is 11.5. The Morgan fingerprint density at radius 2 is 1.88 bits per heavy atom. The van der Waals surface area contributed by atoms with Gasteiger partial charge in [0.1, 0.15) is 0 Å². The van der Waals surface area contributed by atoms with Gasteiger partial charge >= 0.3 is 0 Å². The van der Waals surface area contributed by atoms with Crippen molar-refractivity contribution in [3.05, 3.63) is 29.8 Å². The van der Waals surface area contributed by atoms with E-state index in [0.717, 1.165) is 38.5 Å². The van der Waals surface area contributed by atoms with Crippen LogP contribution in [-0.2, 0) is 10.0 Å². The van der Waals surface area contributed by atoms with Crippen molar-refractivity contribution in [1.82, 2.24) is 9.62 Å². The number of piperidine rings is 1. The number of amides is 1. The Hall–Kier alpha value is -1.15. The van der Waals surface area contributed by atoms with E-state index < -0.39 is 10.0 Å². The van der Waals surface area contributed by atoms with Gasteiger partial charge in [0.15, 0.2) is 0 Å². The molecule has 6 nitrogen and oxygen atoms in total. The molecule has 2 fully saturated rings. The van der Waals surface area contributed by atoms with Crippen LogP contribution in [0.1, 0.15) is 48.9 Å². The molecular formula is C17H26ClN3O3S. The van der Waals surface area contributed by atoms with E-state index in [1.807, 2.05) is 0 Å². The lowest BCUT2D eigenvalue weighted by molar-refractivity contribution is 0.0708. The van der Waals surface area contributed by atoms with Gasteiger partial charge in [-0.2, -0.15) is 0 Å². The molecule has 1 saturated heterocycles. The lowest BCUT2D eigenvalue weighted by atomic mass is 10.1. The number of halogens is 1. The average molecular weight is 388 g/mol. The van der Waals surface area contributed by atoms with Gasteiger partial charge < -0.3 is 10.6 Å². The van der Waals surface area contributed by atoms with Gasteiger partial charge in [0.2, 0.25) is 10.0 Å². The summed E-state index contributed by atoms with van der Waals surface area (Å²) < 4.78 is 27.8. The maximum absolute atomic E-state index is 12.6. The fourth-order valence-corrected chi connectivity index (χ4v) is 4.85. The van der Waals surface area contributed by atoms with Crippen molar-refractivity contribution in [3.8, 4) is 0 Å². The molecule has 0 radical (unpaired) electrons. The van der Waals surface area contributed by atoms with Gasteiger partial charge in [-0.3, -0.25) is 4.79 Å². The molecule has 3 N–H and O–H groups in total. The number of carbonyl (C=O) groups excluding carboxylic acids is 1. The van der Waals surface area contributed by atoms with E-state index in [0.29, 0.717) is 18.7 Å². The number of nitrogens with zero attached hydrogens (tertiary/aromatic N) is 1. The van der Waals surface area contributed by atoms with Crippen molar-refractivity contribution in [2.24, 2.45) is 5.73 Å². The molecule has 1 aliphatic heterocycles. The molecule has 3 rings (SSSR count). The minimum absolute atomic E-state index is 0. The molecule has 1 heterocycles. The molecule has 1 amide bonds. The number of nitrogens with one attached hydrogen (secondary N) is 1. The Balaban J connectivity index is 0.00000225. The molecular weight excluding hydrogens is 362 g/mol. The standard InChI is InChI=1S/C17H25N3O3S.ClH/c18-14-6-4-10-20(12-14)17(21)13-5-3-9-16(11-13)24(22,23)19-15-7-1-2-8-15;/h3,5,9,11,14-15,19H,1-2,4,6-8,10,12,18H2;1H. The SMILES string of the molecule is Cl.NC1CCCN(C(=O)c2cccc(S(=O)(=O)NC3CCCC3)c2)C1. The zero-order valence-electron chi connectivity index (χ0n) is 14.2. The smallest absolute Gasteiger partial charge is 0.253 e. The third kappa shape index (κ3) is 4.94. The third-order valence-corrected chi connectivity index (χ3v) is 6.33. The molecule has 0 bridgehead atoms. The highest BCUT2D eigenvalue weighted by atomic mass is 35.5. The summed E-state index contributed by atoms with van der Waals surface area (Å²) >= 11 is 0. The maximum Gasteiger partial charge on any atom is 0.253 e. The van der Waals surface area contributed by atoms with Crippen LogP contribution < -0.4 is 10.5 Å². The Morgan fingerprint density at radius 3 is 2.56 bits per heavy atom. The molecule has 1 aliphatic carbocycles. The number of sulfonamides is 1. The molecule has 1 aromatic rings. The minimum atomic E-state index is -3.59. The Morgan fingerprint density at radius 1 is 1.16 bits per heavy atom. The highest BCUT2D eigenvalue weighted by Crippen LogP contribution is 2.21. The van der Waals surface area contributed by atoms with Crippen molar-refractivity contribution in [3.63, 3.8) is 0 Å². The quantitative estimate of drug-likeness (QED) is 0.825. The van der Waals surface area contributed by atoms with Crippen LogP contribution >= 0.6 is 12.4 Å². The maximum atomic E-state index is 12.6. The van der Waals surface area contributed by atoms with Crippen molar-refractivity contribution in [2.45, 2.75) is 55.5 Å². The third-order valence-electron chi connectivity index (χ3n) is 4.81. The second-order valence-corrected chi connectivity index (χ2v) is 8.50. The van der Waals surface area contributed by atoms with Crippen LogP contribution in [0.15, 0.2) is 29.2 Å². The summed E-state index contributed by atoms with van der Waals surface area (Å²) in [5.41, 5.74) is 6.33. The van der Waals surface area contributed by atoms with Gasteiger partial charge in [0.05, 0.1) is 4.90 Å². The van der Waals surface area contributed by atoms with E-state index in [9.17, 15) is 13.2 Å². The largest absolute Gasteiger partial charge is 0.337 e. The van der Waals surface area contributed by atoms with E-state index in [4.69, 9.17) is 5.73 Å². The van der Waals surface area contributed by atoms with Gasteiger partial charge in [-0.05, 0) is 43.9 Å². The molecule has 25 heavy (non-hydrogen) atoms. The van der Waals surface area contributed by atoms with E-state index in [-0.39, 0.29) is 35.3 Å². The van der Waals surface area contributed by atoms with Crippen LogP contribution in [0.3, 0.4) is 0 Å². The van der Waals surface area contributed by atoms with Crippen LogP contribution in [0.2, 0.25) is 0 Å². The fourth-order valence-electron chi connectivity index (χ4n) is 3.50. The first-order valence-corrected chi connectivity index (χ1v) is 10.1. The average Bonchev–Trinajstić information content (AvgIpc) is 3.06. The number of benzene rings is 1. The van der Waals surface area contributed by atoms with Crippen molar-refractivity contribution < 1.29 is 13.2 Å². The molecule has 1 aromatic carbocycles. The molecule has 8 heteroatoms. The number of likely N-dealkylation sites (tertiary alicyclic amines) is 1. The number of rotatable bonds is 4. The Kier molecular flexibility index (Phi) is 6.85. The Labute approximate surface area is 155 Å². The number of hydrogen-bond acceptors (Lipinski definition) is 4. The van der Waals surface area contributed by atoms with Crippen LogP contribution in [0.4, 0.5) is 0 Å². The normalized spacial score (nSPS) is 21.8. The minimum Gasteiger partial charge on any atom is -0.337 e. The zero-order valence-corrected chi connectivity index (χ0v) is 15.8. The van der Waals surface area contributed by atoms with Crippen LogP contribution in [0.25, 0.3) is 0 Å². The van der Waals surface area contributed by atoms with E-state index in [2.05, 4.69) is 4.72 Å². The number of nitrogens with two attached hydrogens (primary N) is 1. The van der Waals surface area contributed by atoms with Crippen molar-refractivity contribution >= 4 is 28.3 Å². The Bertz CT molecular complexity index is 705. The summed E-state index contributed by atoms with van der Waals surface area (Å²) in [6.45, 7) is 1.19. The topological polar surface area (TPSA) is 92.5 Å². The first kappa shape index (κ1) is 20.2. The van der Waals surface area contributed by atoms with Crippen LogP contribution in [0.5, 0.6) is 0 Å². The fraction of sp³-hybridized carbons (Fsp3) is 0.588. The number of hydrogen-bond donors (Lipinski definition) is 2. The zero-order chi connectivity index (χ0) is 17.2. The monoisotopic (exact) mass is 387 g/mol. The van der Waals surface area contributed by atoms with Gasteiger partial charge in [-0.15, -0.1) is 12.4 Å². The van der Waals surface area contributed by atoms with Gasteiger partial charge in [0.25, 0.3) is 5.91 Å². The van der Waals surface area contributed by atoms with Gasteiger partial charge in [0, 0.05) is 30.7 Å². The number of carbonyl (C=O) groups is 1. The second-order valence-electron chi connectivity index (χ2n) is 6.78. The van der Waals surface area contributed by atoms with Crippen LogP contribution in [0, 0.1) is 0 Å². The molecule has 1 unspecified atom stereocenters. The van der Waals surface area contributed by atoms with Crippen molar-refractivity contribution in [1.29, 1.82) is 0 Å². The summed E-state index contributed by atoms with van der Waals surface area (Å²) in [6.07, 6.45) is 5.67. The summed E-state index contributed by atoms with van der Waals surface area (Å²) in [5, 5.41) is 0. The predicted octanol–water partition coefficient (Wildman–Crippen LogP) is 1.89. The highest BCUT2D eigenvalue weighted by molar-refractivity contribution is 7.89. The second kappa shape index (κ2) is 8.49.